The van der Waals surface area contributed by atoms with Gasteiger partial charge in [0, 0.05) is 18.7 Å². The molecule has 0 aliphatic carbocycles. The minimum atomic E-state index is 0.804. The van der Waals surface area contributed by atoms with Gasteiger partial charge in [0.15, 0.2) is 0 Å². The second kappa shape index (κ2) is 7.50. The first-order valence-electron chi connectivity index (χ1n) is 7.33. The predicted molar refractivity (Wildman–Crippen MR) is 81.5 cm³/mol. The molecule has 2 rings (SSSR count). The lowest BCUT2D eigenvalue weighted by atomic mass is 9.97. The Balaban J connectivity index is 1.96. The third-order valence-corrected chi connectivity index (χ3v) is 3.96. The van der Waals surface area contributed by atoms with E-state index in [1.54, 1.807) is 14.2 Å². The molecular formula is C16H26N2O2. The molecule has 0 aromatic heterocycles. The molecule has 1 saturated heterocycles. The first-order chi connectivity index (χ1) is 9.72. The highest BCUT2D eigenvalue weighted by molar-refractivity contribution is 5.40. The lowest BCUT2D eigenvalue weighted by molar-refractivity contribution is 0.232. The van der Waals surface area contributed by atoms with Crippen molar-refractivity contribution in [2.75, 3.05) is 40.9 Å². The van der Waals surface area contributed by atoms with Gasteiger partial charge in [-0.05, 0) is 57.1 Å². The molecule has 1 fully saturated rings. The van der Waals surface area contributed by atoms with E-state index in [0.29, 0.717) is 0 Å². The zero-order valence-corrected chi connectivity index (χ0v) is 12.8. The van der Waals surface area contributed by atoms with Crippen molar-refractivity contribution >= 4 is 0 Å². The number of nitrogens with zero attached hydrogens (tertiary/aromatic N) is 1. The number of methoxy groups -OCH3 is 2. The number of piperidine rings is 1. The van der Waals surface area contributed by atoms with E-state index in [1.165, 1.54) is 18.4 Å². The molecule has 1 aliphatic rings. The fourth-order valence-corrected chi connectivity index (χ4v) is 2.87. The molecule has 1 aromatic rings. The summed E-state index contributed by atoms with van der Waals surface area (Å²) in [5.74, 6) is 2.62. The fraction of sp³-hybridized carbons (Fsp3) is 0.625. The summed E-state index contributed by atoms with van der Waals surface area (Å²) in [5.41, 5.74) is 1.18. The van der Waals surface area contributed by atoms with Gasteiger partial charge in [0.2, 0.25) is 0 Å². The van der Waals surface area contributed by atoms with Gasteiger partial charge in [0.25, 0.3) is 0 Å². The highest BCUT2D eigenvalue weighted by atomic mass is 16.5. The topological polar surface area (TPSA) is 33.7 Å². The van der Waals surface area contributed by atoms with E-state index in [2.05, 4.69) is 23.3 Å². The standard InChI is InChI=1S/C16H26N2O2/c1-18(11-13-6-8-17-9-7-13)12-14-10-15(19-2)4-5-16(14)20-3/h4-5,10,13,17H,6-9,11-12H2,1-3H3. The van der Waals surface area contributed by atoms with Crippen LogP contribution in [0.3, 0.4) is 0 Å². The maximum Gasteiger partial charge on any atom is 0.123 e. The van der Waals surface area contributed by atoms with Crippen molar-refractivity contribution in [1.29, 1.82) is 0 Å². The number of benzene rings is 1. The summed E-state index contributed by atoms with van der Waals surface area (Å²) in [6.07, 6.45) is 2.55. The monoisotopic (exact) mass is 278 g/mol. The maximum atomic E-state index is 5.44. The largest absolute Gasteiger partial charge is 0.497 e. The van der Waals surface area contributed by atoms with Crippen LogP contribution in [-0.4, -0.2) is 45.8 Å². The van der Waals surface area contributed by atoms with E-state index in [0.717, 1.165) is 43.6 Å². The Morgan fingerprint density at radius 3 is 2.60 bits per heavy atom. The number of hydrogen-bond acceptors (Lipinski definition) is 4. The number of nitrogens with one attached hydrogen (secondary N) is 1. The van der Waals surface area contributed by atoms with Crippen LogP contribution in [0.25, 0.3) is 0 Å². The molecule has 1 aliphatic heterocycles. The Kier molecular flexibility index (Phi) is 5.68. The van der Waals surface area contributed by atoms with Crippen LogP contribution < -0.4 is 14.8 Å². The van der Waals surface area contributed by atoms with Gasteiger partial charge in [-0.2, -0.15) is 0 Å². The first-order valence-corrected chi connectivity index (χ1v) is 7.33. The Morgan fingerprint density at radius 1 is 1.20 bits per heavy atom. The summed E-state index contributed by atoms with van der Waals surface area (Å²) in [7, 11) is 5.60. The average molecular weight is 278 g/mol. The van der Waals surface area contributed by atoms with Crippen LogP contribution >= 0.6 is 0 Å². The van der Waals surface area contributed by atoms with Gasteiger partial charge in [-0.15, -0.1) is 0 Å². The van der Waals surface area contributed by atoms with Gasteiger partial charge in [0.05, 0.1) is 14.2 Å². The van der Waals surface area contributed by atoms with E-state index in [4.69, 9.17) is 9.47 Å². The normalized spacial score (nSPS) is 16.4. The molecular weight excluding hydrogens is 252 g/mol. The molecule has 0 saturated carbocycles. The molecule has 4 nitrogen and oxygen atoms in total. The lowest BCUT2D eigenvalue weighted by Gasteiger charge is -2.28. The minimum absolute atomic E-state index is 0.804. The third-order valence-electron chi connectivity index (χ3n) is 3.96. The highest BCUT2D eigenvalue weighted by Crippen LogP contribution is 2.25. The summed E-state index contributed by atoms with van der Waals surface area (Å²) in [4.78, 5) is 2.38. The molecule has 0 spiro atoms. The van der Waals surface area contributed by atoms with E-state index in [-0.39, 0.29) is 0 Å². The van der Waals surface area contributed by atoms with Gasteiger partial charge >= 0.3 is 0 Å². The van der Waals surface area contributed by atoms with Crippen LogP contribution in [0.15, 0.2) is 18.2 Å². The van der Waals surface area contributed by atoms with Crippen molar-refractivity contribution in [2.45, 2.75) is 19.4 Å². The van der Waals surface area contributed by atoms with Crippen molar-refractivity contribution in [3.63, 3.8) is 0 Å². The Morgan fingerprint density at radius 2 is 1.95 bits per heavy atom. The first kappa shape index (κ1) is 15.1. The van der Waals surface area contributed by atoms with Crippen LogP contribution in [-0.2, 0) is 6.54 Å². The Hall–Kier alpha value is -1.26. The van der Waals surface area contributed by atoms with Crippen molar-refractivity contribution < 1.29 is 9.47 Å². The zero-order valence-electron chi connectivity index (χ0n) is 12.8. The average Bonchev–Trinajstić information content (AvgIpc) is 2.48. The van der Waals surface area contributed by atoms with Gasteiger partial charge < -0.3 is 19.7 Å². The third kappa shape index (κ3) is 4.12. The maximum absolute atomic E-state index is 5.44. The van der Waals surface area contributed by atoms with Crippen molar-refractivity contribution in [3.8, 4) is 11.5 Å². The number of rotatable bonds is 6. The summed E-state index contributed by atoms with van der Waals surface area (Å²) in [5, 5.41) is 3.42. The molecule has 0 bridgehead atoms. The molecule has 1 N–H and O–H groups in total. The number of ether oxygens (including phenoxy) is 2. The van der Waals surface area contributed by atoms with E-state index in [9.17, 15) is 0 Å². The fourth-order valence-electron chi connectivity index (χ4n) is 2.87. The zero-order chi connectivity index (χ0) is 14.4. The van der Waals surface area contributed by atoms with Gasteiger partial charge in [0.1, 0.15) is 11.5 Å². The molecule has 0 amide bonds. The molecule has 0 atom stereocenters. The summed E-state index contributed by atoms with van der Waals surface area (Å²) in [6, 6.07) is 5.99. The SMILES string of the molecule is COc1ccc(OC)c(CN(C)CC2CCNCC2)c1. The molecule has 20 heavy (non-hydrogen) atoms. The van der Waals surface area contributed by atoms with Crippen molar-refractivity contribution in [1.82, 2.24) is 10.2 Å². The lowest BCUT2D eigenvalue weighted by Crippen LogP contribution is -2.34. The predicted octanol–water partition coefficient (Wildman–Crippen LogP) is 2.14. The molecule has 4 heteroatoms. The second-order valence-corrected chi connectivity index (χ2v) is 5.57. The van der Waals surface area contributed by atoms with Gasteiger partial charge in [-0.25, -0.2) is 0 Å². The second-order valence-electron chi connectivity index (χ2n) is 5.57. The van der Waals surface area contributed by atoms with Crippen LogP contribution in [0, 0.1) is 5.92 Å². The van der Waals surface area contributed by atoms with E-state index < -0.39 is 0 Å². The minimum Gasteiger partial charge on any atom is -0.497 e. The van der Waals surface area contributed by atoms with Crippen LogP contribution in [0.5, 0.6) is 11.5 Å². The number of hydrogen-bond donors (Lipinski definition) is 1. The van der Waals surface area contributed by atoms with Crippen LogP contribution in [0.4, 0.5) is 0 Å². The summed E-state index contributed by atoms with van der Waals surface area (Å²) in [6.45, 7) is 4.34. The van der Waals surface area contributed by atoms with E-state index >= 15 is 0 Å². The van der Waals surface area contributed by atoms with Gasteiger partial charge in [-0.1, -0.05) is 0 Å². The van der Waals surface area contributed by atoms with Gasteiger partial charge in [-0.3, -0.25) is 0 Å². The summed E-state index contributed by atoms with van der Waals surface area (Å²) < 4.78 is 10.7. The smallest absolute Gasteiger partial charge is 0.123 e. The molecule has 0 radical (unpaired) electrons. The van der Waals surface area contributed by atoms with Crippen molar-refractivity contribution in [2.24, 2.45) is 5.92 Å². The molecule has 1 aromatic carbocycles. The Bertz CT molecular complexity index is 417. The Labute approximate surface area is 122 Å². The van der Waals surface area contributed by atoms with Crippen LogP contribution in [0.1, 0.15) is 18.4 Å². The van der Waals surface area contributed by atoms with E-state index in [1.807, 2.05) is 12.1 Å². The van der Waals surface area contributed by atoms with Crippen LogP contribution in [0.2, 0.25) is 0 Å². The quantitative estimate of drug-likeness (QED) is 0.864. The molecule has 0 unspecified atom stereocenters. The molecule has 1 heterocycles. The van der Waals surface area contributed by atoms with Crippen molar-refractivity contribution in [3.05, 3.63) is 23.8 Å². The molecule has 112 valence electrons. The highest BCUT2D eigenvalue weighted by Gasteiger charge is 2.16. The summed E-state index contributed by atoms with van der Waals surface area (Å²) >= 11 is 0.